The van der Waals surface area contributed by atoms with Crippen LogP contribution in [0.1, 0.15) is 37.3 Å². The zero-order valence-corrected chi connectivity index (χ0v) is 11.2. The van der Waals surface area contributed by atoms with E-state index in [1.807, 2.05) is 0 Å². The first kappa shape index (κ1) is 12.2. The van der Waals surface area contributed by atoms with E-state index in [0.29, 0.717) is 6.10 Å². The highest BCUT2D eigenvalue weighted by molar-refractivity contribution is 5.25. The van der Waals surface area contributed by atoms with Crippen LogP contribution < -0.4 is 5.73 Å². The Kier molecular flexibility index (Phi) is 3.16. The number of ether oxygens (including phenoxy) is 1. The van der Waals surface area contributed by atoms with E-state index in [0.717, 1.165) is 31.8 Å². The summed E-state index contributed by atoms with van der Waals surface area (Å²) in [6, 6.07) is 8.91. The van der Waals surface area contributed by atoms with E-state index < -0.39 is 0 Å². The van der Waals surface area contributed by atoms with Gasteiger partial charge in [-0.15, -0.1) is 0 Å². The third kappa shape index (κ3) is 2.32. The highest BCUT2D eigenvalue weighted by Crippen LogP contribution is 2.43. The molecule has 2 aliphatic rings. The molecule has 2 unspecified atom stereocenters. The molecule has 1 aromatic rings. The number of aryl methyl sites for hydroxylation is 1. The minimum Gasteiger partial charge on any atom is -0.376 e. The summed E-state index contributed by atoms with van der Waals surface area (Å²) in [5.41, 5.74) is 9.24. The summed E-state index contributed by atoms with van der Waals surface area (Å²) in [6.07, 6.45) is 5.96. The Balaban J connectivity index is 1.73. The average molecular weight is 245 g/mol. The number of benzene rings is 1. The van der Waals surface area contributed by atoms with Crippen molar-refractivity contribution in [2.24, 2.45) is 11.7 Å². The van der Waals surface area contributed by atoms with Crippen LogP contribution in [0.25, 0.3) is 0 Å². The Hall–Kier alpha value is -0.860. The normalized spacial score (nSPS) is 31.8. The maximum absolute atomic E-state index is 6.62. The summed E-state index contributed by atoms with van der Waals surface area (Å²) < 4.78 is 5.88. The lowest BCUT2D eigenvalue weighted by Crippen LogP contribution is -2.50. The van der Waals surface area contributed by atoms with E-state index in [2.05, 4.69) is 31.2 Å². The number of nitrogens with two attached hydrogens (primary N) is 1. The number of hydrogen-bond acceptors (Lipinski definition) is 2. The molecule has 1 aliphatic heterocycles. The highest BCUT2D eigenvalue weighted by Gasteiger charge is 2.48. The maximum atomic E-state index is 6.62. The van der Waals surface area contributed by atoms with Gasteiger partial charge in [0.15, 0.2) is 0 Å². The van der Waals surface area contributed by atoms with Gasteiger partial charge in [-0.25, -0.2) is 0 Å². The van der Waals surface area contributed by atoms with E-state index >= 15 is 0 Å². The minimum absolute atomic E-state index is 0.130. The smallest absolute Gasteiger partial charge is 0.0786 e. The van der Waals surface area contributed by atoms with Gasteiger partial charge in [-0.05, 0) is 49.1 Å². The van der Waals surface area contributed by atoms with E-state index in [9.17, 15) is 0 Å². The lowest BCUT2D eigenvalue weighted by atomic mass is 9.83. The van der Waals surface area contributed by atoms with Gasteiger partial charge >= 0.3 is 0 Å². The summed E-state index contributed by atoms with van der Waals surface area (Å²) in [4.78, 5) is 0. The predicted octanol–water partition coefficient (Wildman–Crippen LogP) is 2.69. The second kappa shape index (κ2) is 4.67. The van der Waals surface area contributed by atoms with Crippen molar-refractivity contribution in [3.05, 3.63) is 35.4 Å². The molecule has 1 heterocycles. The van der Waals surface area contributed by atoms with Crippen molar-refractivity contribution in [2.45, 2.75) is 50.7 Å². The quantitative estimate of drug-likeness (QED) is 0.885. The summed E-state index contributed by atoms with van der Waals surface area (Å²) in [5, 5.41) is 0. The largest absolute Gasteiger partial charge is 0.376 e. The first-order valence-electron chi connectivity index (χ1n) is 7.19. The Labute approximate surface area is 110 Å². The van der Waals surface area contributed by atoms with Gasteiger partial charge < -0.3 is 10.5 Å². The summed E-state index contributed by atoms with van der Waals surface area (Å²) in [5.74, 6) is 0.729. The standard InChI is InChI=1S/C16H23NO/c1-2-12-3-5-13(6-4-12)11-16(17)9-10-18-15(16)14-7-8-14/h3-6,14-15H,2,7-11,17H2,1H3. The van der Waals surface area contributed by atoms with Gasteiger partial charge in [0.25, 0.3) is 0 Å². The predicted molar refractivity (Wildman–Crippen MR) is 73.5 cm³/mol. The Morgan fingerprint density at radius 1 is 1.22 bits per heavy atom. The van der Waals surface area contributed by atoms with Crippen molar-refractivity contribution in [3.63, 3.8) is 0 Å². The van der Waals surface area contributed by atoms with E-state index in [1.165, 1.54) is 24.0 Å². The average Bonchev–Trinajstić information content (AvgIpc) is 3.14. The molecule has 0 radical (unpaired) electrons. The van der Waals surface area contributed by atoms with Crippen molar-refractivity contribution < 1.29 is 4.74 Å². The van der Waals surface area contributed by atoms with Crippen LogP contribution in [0.3, 0.4) is 0 Å². The van der Waals surface area contributed by atoms with Gasteiger partial charge in [0, 0.05) is 12.1 Å². The third-order valence-electron chi connectivity index (χ3n) is 4.45. The lowest BCUT2D eigenvalue weighted by molar-refractivity contribution is 0.0627. The van der Waals surface area contributed by atoms with Crippen LogP contribution in [-0.4, -0.2) is 18.2 Å². The monoisotopic (exact) mass is 245 g/mol. The van der Waals surface area contributed by atoms with E-state index in [1.54, 1.807) is 0 Å². The molecular weight excluding hydrogens is 222 g/mol. The van der Waals surface area contributed by atoms with Gasteiger partial charge in [-0.3, -0.25) is 0 Å². The van der Waals surface area contributed by atoms with Gasteiger partial charge in [-0.1, -0.05) is 31.2 Å². The zero-order chi connectivity index (χ0) is 12.6. The zero-order valence-electron chi connectivity index (χ0n) is 11.2. The van der Waals surface area contributed by atoms with Crippen molar-refractivity contribution in [1.82, 2.24) is 0 Å². The van der Waals surface area contributed by atoms with Crippen molar-refractivity contribution in [1.29, 1.82) is 0 Å². The van der Waals surface area contributed by atoms with Crippen LogP contribution in [0.4, 0.5) is 0 Å². The van der Waals surface area contributed by atoms with Gasteiger partial charge in [0.2, 0.25) is 0 Å². The first-order chi connectivity index (χ1) is 8.71. The van der Waals surface area contributed by atoms with Crippen LogP contribution in [0.2, 0.25) is 0 Å². The lowest BCUT2D eigenvalue weighted by Gasteiger charge is -2.30. The van der Waals surface area contributed by atoms with Gasteiger partial charge in [-0.2, -0.15) is 0 Å². The molecule has 2 nitrogen and oxygen atoms in total. The van der Waals surface area contributed by atoms with Crippen molar-refractivity contribution in [2.75, 3.05) is 6.61 Å². The van der Waals surface area contributed by atoms with Gasteiger partial charge in [0.1, 0.15) is 0 Å². The molecule has 2 atom stereocenters. The summed E-state index contributed by atoms with van der Waals surface area (Å²) >= 11 is 0. The van der Waals surface area contributed by atoms with Crippen molar-refractivity contribution >= 4 is 0 Å². The molecule has 18 heavy (non-hydrogen) atoms. The number of rotatable bonds is 4. The Bertz CT molecular complexity index is 410. The van der Waals surface area contributed by atoms with Crippen LogP contribution in [0.5, 0.6) is 0 Å². The fraction of sp³-hybridized carbons (Fsp3) is 0.625. The molecule has 2 heteroatoms. The van der Waals surface area contributed by atoms with Crippen LogP contribution >= 0.6 is 0 Å². The summed E-state index contributed by atoms with van der Waals surface area (Å²) in [7, 11) is 0. The Morgan fingerprint density at radius 2 is 1.89 bits per heavy atom. The third-order valence-corrected chi connectivity index (χ3v) is 4.45. The Morgan fingerprint density at radius 3 is 2.50 bits per heavy atom. The molecule has 2 N–H and O–H groups in total. The minimum atomic E-state index is -0.130. The van der Waals surface area contributed by atoms with Crippen LogP contribution in [0.15, 0.2) is 24.3 Å². The fourth-order valence-electron chi connectivity index (χ4n) is 3.15. The molecule has 2 fully saturated rings. The SMILES string of the molecule is CCc1ccc(CC2(N)CCOC2C2CC2)cc1. The molecule has 1 saturated carbocycles. The fourth-order valence-corrected chi connectivity index (χ4v) is 3.15. The van der Waals surface area contributed by atoms with Gasteiger partial charge in [0.05, 0.1) is 6.10 Å². The molecule has 98 valence electrons. The molecular formula is C16H23NO. The number of hydrogen-bond donors (Lipinski definition) is 1. The van der Waals surface area contributed by atoms with E-state index in [4.69, 9.17) is 10.5 Å². The molecule has 1 aliphatic carbocycles. The van der Waals surface area contributed by atoms with Crippen molar-refractivity contribution in [3.8, 4) is 0 Å². The molecule has 1 saturated heterocycles. The summed E-state index contributed by atoms with van der Waals surface area (Å²) in [6.45, 7) is 3.03. The van der Waals surface area contributed by atoms with Crippen LogP contribution in [-0.2, 0) is 17.6 Å². The highest BCUT2D eigenvalue weighted by atomic mass is 16.5. The topological polar surface area (TPSA) is 35.2 Å². The molecule has 3 rings (SSSR count). The molecule has 0 amide bonds. The molecule has 0 aromatic heterocycles. The second-order valence-corrected chi connectivity index (χ2v) is 5.96. The maximum Gasteiger partial charge on any atom is 0.0786 e. The van der Waals surface area contributed by atoms with Crippen LogP contribution in [0, 0.1) is 5.92 Å². The second-order valence-electron chi connectivity index (χ2n) is 5.96. The molecule has 0 spiro atoms. The van der Waals surface area contributed by atoms with E-state index in [-0.39, 0.29) is 5.54 Å². The first-order valence-corrected chi connectivity index (χ1v) is 7.19. The molecule has 1 aromatic carbocycles. The molecule has 0 bridgehead atoms.